The third-order valence-corrected chi connectivity index (χ3v) is 3.19. The van der Waals surface area contributed by atoms with Gasteiger partial charge in [-0.3, -0.25) is 4.79 Å². The number of halogens is 1. The molecule has 19 heavy (non-hydrogen) atoms. The van der Waals surface area contributed by atoms with E-state index in [0.717, 1.165) is 17.8 Å². The summed E-state index contributed by atoms with van der Waals surface area (Å²) < 4.78 is 6.66. The van der Waals surface area contributed by atoms with Crippen molar-refractivity contribution in [1.29, 1.82) is 0 Å². The lowest BCUT2D eigenvalue weighted by atomic mass is 10.3. The molecule has 0 aliphatic carbocycles. The molecule has 0 saturated carbocycles. The van der Waals surface area contributed by atoms with Crippen LogP contribution in [0.1, 0.15) is 0 Å². The monoisotopic (exact) mass is 288 g/mol. The molecule has 0 radical (unpaired) electrons. The third-order valence-electron chi connectivity index (χ3n) is 2.82. The number of nitrogens with zero attached hydrogens (tertiary/aromatic N) is 2. The molecule has 2 rings (SSSR count). The van der Waals surface area contributed by atoms with Crippen molar-refractivity contribution in [3.8, 4) is 0 Å². The summed E-state index contributed by atoms with van der Waals surface area (Å²) in [5.74, 6) is 0. The molecule has 1 aromatic rings. The van der Waals surface area contributed by atoms with Crippen LogP contribution >= 0.6 is 11.6 Å². The molecule has 1 aromatic heterocycles. The molecule has 2 heterocycles. The summed E-state index contributed by atoms with van der Waals surface area (Å²) in [6.07, 6.45) is 1.53. The van der Waals surface area contributed by atoms with Crippen molar-refractivity contribution in [3.05, 3.63) is 21.6 Å². The highest BCUT2D eigenvalue weighted by atomic mass is 35.5. The Bertz CT molecular complexity index is 473. The zero-order valence-electron chi connectivity index (χ0n) is 10.4. The lowest BCUT2D eigenvalue weighted by Gasteiger charge is -2.24. The van der Waals surface area contributed by atoms with E-state index in [4.69, 9.17) is 21.4 Å². The van der Waals surface area contributed by atoms with Gasteiger partial charge in [-0.1, -0.05) is 11.6 Å². The van der Waals surface area contributed by atoms with Gasteiger partial charge in [0.15, 0.2) is 0 Å². The first-order valence-corrected chi connectivity index (χ1v) is 6.53. The molecule has 106 valence electrons. The van der Waals surface area contributed by atoms with Crippen molar-refractivity contribution in [2.24, 2.45) is 0 Å². The SMILES string of the molecule is O=c1c(Cl)c(NCC2CNCCO2)cnn1CCO. The van der Waals surface area contributed by atoms with E-state index >= 15 is 0 Å². The van der Waals surface area contributed by atoms with Gasteiger partial charge in [0.05, 0.1) is 37.7 Å². The smallest absolute Gasteiger partial charge is 0.287 e. The molecule has 1 aliphatic heterocycles. The van der Waals surface area contributed by atoms with Crippen LogP contribution in [0.3, 0.4) is 0 Å². The number of aliphatic hydroxyl groups excluding tert-OH is 1. The summed E-state index contributed by atoms with van der Waals surface area (Å²) in [7, 11) is 0. The maximum atomic E-state index is 11.8. The molecule has 1 aliphatic rings. The second kappa shape index (κ2) is 6.85. The van der Waals surface area contributed by atoms with Crippen LogP contribution in [0.15, 0.2) is 11.0 Å². The molecule has 3 N–H and O–H groups in total. The summed E-state index contributed by atoms with van der Waals surface area (Å²) in [4.78, 5) is 11.8. The van der Waals surface area contributed by atoms with E-state index < -0.39 is 5.56 Å². The van der Waals surface area contributed by atoms with E-state index in [2.05, 4.69) is 15.7 Å². The minimum atomic E-state index is -0.414. The topological polar surface area (TPSA) is 88.4 Å². The zero-order chi connectivity index (χ0) is 13.7. The van der Waals surface area contributed by atoms with E-state index in [1.165, 1.54) is 6.20 Å². The van der Waals surface area contributed by atoms with E-state index in [9.17, 15) is 4.79 Å². The molecule has 1 saturated heterocycles. The summed E-state index contributed by atoms with van der Waals surface area (Å²) in [5, 5.41) is 19.1. The molecule has 1 unspecified atom stereocenters. The van der Waals surface area contributed by atoms with Crippen LogP contribution < -0.4 is 16.2 Å². The fraction of sp³-hybridized carbons (Fsp3) is 0.636. The van der Waals surface area contributed by atoms with E-state index in [0.29, 0.717) is 18.8 Å². The molecule has 1 fully saturated rings. The average molecular weight is 289 g/mol. The fourth-order valence-electron chi connectivity index (χ4n) is 1.82. The molecule has 0 spiro atoms. The minimum Gasteiger partial charge on any atom is -0.394 e. The van der Waals surface area contributed by atoms with Crippen molar-refractivity contribution < 1.29 is 9.84 Å². The van der Waals surface area contributed by atoms with Gasteiger partial charge < -0.3 is 20.5 Å². The Labute approximate surface area is 115 Å². The molecule has 0 amide bonds. The molecular weight excluding hydrogens is 272 g/mol. The first-order chi connectivity index (χ1) is 9.22. The fourth-order valence-corrected chi connectivity index (χ4v) is 2.03. The highest BCUT2D eigenvalue weighted by Gasteiger charge is 2.15. The van der Waals surface area contributed by atoms with Gasteiger partial charge in [-0.15, -0.1) is 0 Å². The van der Waals surface area contributed by atoms with E-state index in [-0.39, 0.29) is 24.3 Å². The first-order valence-electron chi connectivity index (χ1n) is 6.15. The van der Waals surface area contributed by atoms with Gasteiger partial charge in [0.25, 0.3) is 5.56 Å². The Morgan fingerprint density at radius 1 is 1.68 bits per heavy atom. The Morgan fingerprint density at radius 2 is 2.53 bits per heavy atom. The largest absolute Gasteiger partial charge is 0.394 e. The van der Waals surface area contributed by atoms with Crippen LogP contribution in [0.4, 0.5) is 5.69 Å². The Morgan fingerprint density at radius 3 is 3.21 bits per heavy atom. The van der Waals surface area contributed by atoms with Gasteiger partial charge in [-0.05, 0) is 0 Å². The van der Waals surface area contributed by atoms with Crippen LogP contribution in [-0.4, -0.2) is 53.8 Å². The van der Waals surface area contributed by atoms with Gasteiger partial charge in [-0.25, -0.2) is 4.68 Å². The van der Waals surface area contributed by atoms with Gasteiger partial charge in [0, 0.05) is 19.6 Å². The average Bonchev–Trinajstić information content (AvgIpc) is 2.44. The van der Waals surface area contributed by atoms with Crippen LogP contribution in [0.25, 0.3) is 0 Å². The van der Waals surface area contributed by atoms with Crippen molar-refractivity contribution in [2.75, 3.05) is 38.2 Å². The van der Waals surface area contributed by atoms with Gasteiger partial charge in [0.2, 0.25) is 0 Å². The Kier molecular flexibility index (Phi) is 5.15. The normalized spacial score (nSPS) is 19.4. The van der Waals surface area contributed by atoms with Crippen molar-refractivity contribution in [2.45, 2.75) is 12.6 Å². The van der Waals surface area contributed by atoms with E-state index in [1.807, 2.05) is 0 Å². The van der Waals surface area contributed by atoms with E-state index in [1.54, 1.807) is 0 Å². The highest BCUT2D eigenvalue weighted by molar-refractivity contribution is 6.32. The maximum absolute atomic E-state index is 11.8. The number of aromatic nitrogens is 2. The van der Waals surface area contributed by atoms with Gasteiger partial charge >= 0.3 is 0 Å². The van der Waals surface area contributed by atoms with Gasteiger partial charge in [0.1, 0.15) is 5.02 Å². The molecule has 1 atom stereocenters. The lowest BCUT2D eigenvalue weighted by Crippen LogP contribution is -2.42. The predicted octanol–water partition coefficient (Wildman–Crippen LogP) is -0.711. The quantitative estimate of drug-likeness (QED) is 0.663. The van der Waals surface area contributed by atoms with Crippen LogP contribution in [-0.2, 0) is 11.3 Å². The Hall–Kier alpha value is -1.15. The van der Waals surface area contributed by atoms with Crippen LogP contribution in [0.2, 0.25) is 5.02 Å². The number of hydrogen-bond donors (Lipinski definition) is 3. The summed E-state index contributed by atoms with van der Waals surface area (Å²) in [5.41, 5.74) is 0.0680. The first kappa shape index (κ1) is 14.3. The third kappa shape index (κ3) is 3.66. The molecule has 0 aromatic carbocycles. The number of anilines is 1. The van der Waals surface area contributed by atoms with Crippen LogP contribution in [0, 0.1) is 0 Å². The number of rotatable bonds is 5. The van der Waals surface area contributed by atoms with Crippen molar-refractivity contribution in [1.82, 2.24) is 15.1 Å². The van der Waals surface area contributed by atoms with Crippen LogP contribution in [0.5, 0.6) is 0 Å². The lowest BCUT2D eigenvalue weighted by molar-refractivity contribution is 0.0372. The van der Waals surface area contributed by atoms with Crippen molar-refractivity contribution in [3.63, 3.8) is 0 Å². The summed E-state index contributed by atoms with van der Waals surface area (Å²) >= 11 is 5.98. The number of morpholine rings is 1. The number of aliphatic hydroxyl groups is 1. The molecular formula is C11H17ClN4O3. The van der Waals surface area contributed by atoms with Crippen molar-refractivity contribution >= 4 is 17.3 Å². The standard InChI is InChI=1S/C11H17ClN4O3/c12-10-9(7-15-16(2-3-17)11(10)18)14-6-8-5-13-1-4-19-8/h7-8,13-14,17H,1-6H2. The summed E-state index contributed by atoms with van der Waals surface area (Å²) in [6.45, 7) is 2.83. The zero-order valence-corrected chi connectivity index (χ0v) is 11.2. The summed E-state index contributed by atoms with van der Waals surface area (Å²) in [6, 6.07) is 0. The molecule has 0 bridgehead atoms. The van der Waals surface area contributed by atoms with Gasteiger partial charge in [-0.2, -0.15) is 5.10 Å². The molecule has 7 nitrogen and oxygen atoms in total. The second-order valence-electron chi connectivity index (χ2n) is 4.20. The Balaban J connectivity index is 2.00. The highest BCUT2D eigenvalue weighted by Crippen LogP contribution is 2.15. The minimum absolute atomic E-state index is 0.0460. The number of nitrogens with one attached hydrogen (secondary N) is 2. The maximum Gasteiger partial charge on any atom is 0.287 e. The predicted molar refractivity (Wildman–Crippen MR) is 71.7 cm³/mol. The second-order valence-corrected chi connectivity index (χ2v) is 4.58. The number of hydrogen-bond acceptors (Lipinski definition) is 6. The molecule has 8 heteroatoms. The number of ether oxygens (including phenoxy) is 1.